The molecular weight excluding hydrogens is 450 g/mol. The molecule has 3 aliphatic rings. The Bertz CT molecular complexity index is 1340. The maximum Gasteiger partial charge on any atom is 0.261 e. The van der Waals surface area contributed by atoms with Crippen molar-refractivity contribution < 1.29 is 9.59 Å². The zero-order chi connectivity index (χ0) is 23.2. The molecule has 34 heavy (non-hydrogen) atoms. The normalized spacial score (nSPS) is 21.4. The second kappa shape index (κ2) is 8.37. The van der Waals surface area contributed by atoms with Gasteiger partial charge in [0.1, 0.15) is 5.82 Å². The summed E-state index contributed by atoms with van der Waals surface area (Å²) in [6.45, 7) is 5.68. The average Bonchev–Trinajstić information content (AvgIpc) is 3.24. The minimum absolute atomic E-state index is 0.0472. The van der Waals surface area contributed by atoms with Crippen molar-refractivity contribution in [1.82, 2.24) is 30.5 Å². The topological polar surface area (TPSA) is 112 Å². The molecule has 2 aliphatic heterocycles. The van der Waals surface area contributed by atoms with E-state index in [0.29, 0.717) is 28.7 Å². The molecule has 10 heteroatoms. The maximum absolute atomic E-state index is 12.7. The number of allylic oxidation sites excluding steroid dienone is 1. The zero-order valence-electron chi connectivity index (χ0n) is 18.6. The van der Waals surface area contributed by atoms with E-state index < -0.39 is 0 Å². The van der Waals surface area contributed by atoms with Crippen LogP contribution in [0.5, 0.6) is 0 Å². The third kappa shape index (κ3) is 4.10. The first-order valence-electron chi connectivity index (χ1n) is 11.5. The molecule has 4 N–H and O–H groups in total. The molecular formula is C24H25N7O2S. The number of nitrogens with zero attached hydrogens (tertiary/aromatic N) is 3. The second-order valence-corrected chi connectivity index (χ2v) is 10.1. The van der Waals surface area contributed by atoms with Gasteiger partial charge in [-0.25, -0.2) is 4.98 Å². The number of carbonyl (C=O) groups excluding carboxylic acids is 2. The quantitative estimate of drug-likeness (QED) is 0.436. The van der Waals surface area contributed by atoms with Crippen molar-refractivity contribution in [2.24, 2.45) is 0 Å². The molecule has 6 rings (SSSR count). The fourth-order valence-corrected chi connectivity index (χ4v) is 5.15. The number of nitrogens with one attached hydrogen (secondary N) is 4. The van der Waals surface area contributed by atoms with Gasteiger partial charge in [0.05, 0.1) is 28.1 Å². The lowest BCUT2D eigenvalue weighted by atomic mass is 10.1. The Hall–Kier alpha value is -3.50. The molecule has 2 amide bonds. The number of carbonyl (C=O) groups is 2. The van der Waals surface area contributed by atoms with Crippen molar-refractivity contribution in [3.05, 3.63) is 52.7 Å². The Balaban J connectivity index is 1.36. The lowest BCUT2D eigenvalue weighted by molar-refractivity contribution is -0.118. The first-order valence-corrected chi connectivity index (χ1v) is 12.3. The number of fused-ring (bicyclic) bond motifs is 1. The molecule has 3 fully saturated rings. The van der Waals surface area contributed by atoms with Gasteiger partial charge < -0.3 is 21.3 Å². The summed E-state index contributed by atoms with van der Waals surface area (Å²) in [6.07, 6.45) is 7.18. The number of anilines is 1. The molecule has 2 saturated heterocycles. The van der Waals surface area contributed by atoms with Crippen LogP contribution in [-0.2, 0) is 4.79 Å². The molecule has 174 valence electrons. The molecule has 1 atom stereocenters. The first kappa shape index (κ1) is 21.1. The van der Waals surface area contributed by atoms with Gasteiger partial charge in [-0.15, -0.1) is 11.3 Å². The molecule has 0 aromatic carbocycles. The standard InChI is InChI=1S/C24H25N7O2S/c1-13-14(9-22(32)27-13)8-15-11-26-31-21(28-16-2-3-16)10-18(30-23(15)31)19-4-5-20(34-19)24(33)29-17-6-7-25-12-17/h4-5,8,10-11,16-17,25,28H,1-3,6-7,9,12H2,(H,27,32)(H,29,33)/b14-8+. The predicted octanol–water partition coefficient (Wildman–Crippen LogP) is 2.54. The van der Waals surface area contributed by atoms with Crippen molar-refractivity contribution in [3.63, 3.8) is 0 Å². The van der Waals surface area contributed by atoms with E-state index in [1.54, 1.807) is 10.7 Å². The summed E-state index contributed by atoms with van der Waals surface area (Å²) in [7, 11) is 0. The summed E-state index contributed by atoms with van der Waals surface area (Å²) in [5.41, 5.74) is 3.73. The van der Waals surface area contributed by atoms with Crippen LogP contribution in [0.15, 0.2) is 42.2 Å². The third-order valence-corrected chi connectivity index (χ3v) is 7.37. The Morgan fingerprint density at radius 2 is 2.15 bits per heavy atom. The van der Waals surface area contributed by atoms with E-state index in [1.807, 2.05) is 24.3 Å². The first-order chi connectivity index (χ1) is 16.5. The smallest absolute Gasteiger partial charge is 0.261 e. The molecule has 0 bridgehead atoms. The highest BCUT2D eigenvalue weighted by Crippen LogP contribution is 2.33. The Morgan fingerprint density at radius 3 is 2.88 bits per heavy atom. The van der Waals surface area contributed by atoms with Gasteiger partial charge in [0, 0.05) is 36.0 Å². The second-order valence-electron chi connectivity index (χ2n) is 8.98. The highest BCUT2D eigenvalue weighted by Gasteiger charge is 2.25. The fraction of sp³-hybridized carbons (Fsp3) is 0.333. The van der Waals surface area contributed by atoms with Crippen LogP contribution in [0, 0.1) is 0 Å². The Labute approximate surface area is 200 Å². The zero-order valence-corrected chi connectivity index (χ0v) is 19.4. The maximum atomic E-state index is 12.7. The van der Waals surface area contributed by atoms with Gasteiger partial charge in [-0.2, -0.15) is 9.61 Å². The van der Waals surface area contributed by atoms with Crippen molar-refractivity contribution in [2.45, 2.75) is 37.8 Å². The lowest BCUT2D eigenvalue weighted by Crippen LogP contribution is -2.35. The SMILES string of the molecule is C=C1NC(=O)C/C1=C\c1cnn2c(NC3CC3)cc(-c3ccc(C(=O)NC4CCNC4)s3)nc12. The van der Waals surface area contributed by atoms with E-state index in [0.717, 1.165) is 59.9 Å². The van der Waals surface area contributed by atoms with Crippen LogP contribution in [0.1, 0.15) is 40.9 Å². The van der Waals surface area contributed by atoms with E-state index >= 15 is 0 Å². The summed E-state index contributed by atoms with van der Waals surface area (Å²) in [5.74, 6) is 0.757. The minimum atomic E-state index is -0.0600. The van der Waals surface area contributed by atoms with Crippen LogP contribution < -0.4 is 21.3 Å². The summed E-state index contributed by atoms with van der Waals surface area (Å²) >= 11 is 1.43. The molecule has 0 radical (unpaired) electrons. The number of hydrogen-bond acceptors (Lipinski definition) is 7. The third-order valence-electron chi connectivity index (χ3n) is 6.26. The average molecular weight is 476 g/mol. The lowest BCUT2D eigenvalue weighted by Gasteiger charge is -2.10. The van der Waals surface area contributed by atoms with Crippen LogP contribution >= 0.6 is 11.3 Å². The number of hydrogen-bond donors (Lipinski definition) is 4. The van der Waals surface area contributed by atoms with Crippen LogP contribution in [-0.4, -0.2) is 51.6 Å². The van der Waals surface area contributed by atoms with E-state index in [9.17, 15) is 9.59 Å². The fourth-order valence-electron chi connectivity index (χ4n) is 4.28. The van der Waals surface area contributed by atoms with E-state index in [-0.39, 0.29) is 17.9 Å². The molecule has 1 aliphatic carbocycles. The van der Waals surface area contributed by atoms with Crippen LogP contribution in [0.4, 0.5) is 5.82 Å². The van der Waals surface area contributed by atoms with E-state index in [4.69, 9.17) is 4.98 Å². The van der Waals surface area contributed by atoms with Gasteiger partial charge in [0.15, 0.2) is 5.65 Å². The highest BCUT2D eigenvalue weighted by atomic mass is 32.1. The highest BCUT2D eigenvalue weighted by molar-refractivity contribution is 7.17. The van der Waals surface area contributed by atoms with Gasteiger partial charge in [-0.3, -0.25) is 9.59 Å². The summed E-state index contributed by atoms with van der Waals surface area (Å²) in [6, 6.07) is 6.41. The number of rotatable bonds is 6. The van der Waals surface area contributed by atoms with E-state index in [2.05, 4.69) is 32.9 Å². The largest absolute Gasteiger partial charge is 0.367 e. The molecule has 1 saturated carbocycles. The summed E-state index contributed by atoms with van der Waals surface area (Å²) < 4.78 is 1.80. The minimum Gasteiger partial charge on any atom is -0.367 e. The van der Waals surface area contributed by atoms with Crippen molar-refractivity contribution in [1.29, 1.82) is 0 Å². The molecule has 9 nitrogen and oxygen atoms in total. The molecule has 0 spiro atoms. The monoisotopic (exact) mass is 475 g/mol. The molecule has 3 aromatic rings. The van der Waals surface area contributed by atoms with Crippen molar-refractivity contribution in [3.8, 4) is 10.6 Å². The molecule has 3 aromatic heterocycles. The number of amides is 2. The van der Waals surface area contributed by atoms with Crippen LogP contribution in [0.3, 0.4) is 0 Å². The van der Waals surface area contributed by atoms with Gasteiger partial charge >= 0.3 is 0 Å². The molecule has 5 heterocycles. The predicted molar refractivity (Wildman–Crippen MR) is 132 cm³/mol. The number of thiophene rings is 1. The van der Waals surface area contributed by atoms with Crippen LogP contribution in [0.2, 0.25) is 0 Å². The summed E-state index contributed by atoms with van der Waals surface area (Å²) in [4.78, 5) is 31.0. The van der Waals surface area contributed by atoms with Gasteiger partial charge in [0.25, 0.3) is 5.91 Å². The van der Waals surface area contributed by atoms with E-state index in [1.165, 1.54) is 11.3 Å². The Kier molecular flexibility index (Phi) is 5.19. The van der Waals surface area contributed by atoms with Gasteiger partial charge in [0.2, 0.25) is 5.91 Å². The van der Waals surface area contributed by atoms with Crippen molar-refractivity contribution in [2.75, 3.05) is 18.4 Å². The summed E-state index contributed by atoms with van der Waals surface area (Å²) in [5, 5.41) is 17.2. The van der Waals surface area contributed by atoms with Crippen molar-refractivity contribution >= 4 is 40.7 Å². The molecule has 1 unspecified atom stereocenters. The number of aromatic nitrogens is 3. The van der Waals surface area contributed by atoms with Gasteiger partial charge in [-0.1, -0.05) is 6.58 Å². The Morgan fingerprint density at radius 1 is 1.26 bits per heavy atom. The van der Waals surface area contributed by atoms with Gasteiger partial charge in [-0.05, 0) is 49.6 Å². The van der Waals surface area contributed by atoms with Crippen LogP contribution in [0.25, 0.3) is 22.3 Å².